The van der Waals surface area contributed by atoms with Crippen LogP contribution in [0.2, 0.25) is 0 Å². The smallest absolute Gasteiger partial charge is 0.336 e. The Bertz CT molecular complexity index is 476. The number of thiol groups is 1. The van der Waals surface area contributed by atoms with Crippen LogP contribution in [0.5, 0.6) is 11.5 Å². The van der Waals surface area contributed by atoms with Crippen LogP contribution in [0.25, 0.3) is 0 Å². The molecule has 1 aromatic carbocycles. The number of aliphatic hydroxyl groups excluding tert-OH is 2. The van der Waals surface area contributed by atoms with Gasteiger partial charge < -0.3 is 24.8 Å². The van der Waals surface area contributed by atoms with Gasteiger partial charge in [-0.25, -0.2) is 4.79 Å². The molecule has 0 amide bonds. The lowest BCUT2D eigenvalue weighted by Crippen LogP contribution is -2.21. The maximum atomic E-state index is 11.3. The second-order valence-corrected chi connectivity index (χ2v) is 4.57. The van der Waals surface area contributed by atoms with Crippen LogP contribution in [0.3, 0.4) is 0 Å². The minimum Gasteiger partial charge on any atom is -0.493 e. The van der Waals surface area contributed by atoms with Crippen LogP contribution < -0.4 is 9.47 Å². The van der Waals surface area contributed by atoms with Crippen molar-refractivity contribution in [3.05, 3.63) is 23.3 Å². The van der Waals surface area contributed by atoms with Crippen molar-refractivity contribution in [3.63, 3.8) is 0 Å². The molecule has 0 radical (unpaired) electrons. The third kappa shape index (κ3) is 3.56. The standard InChI is InChI=1S/C13H18O6S/c1-18-10-5-7(12(15)9(14)3-4-20)8(13(16)17)6-11(10)19-2/h5-6,9,12,14-15,20H,3-4H2,1-2H3,(H,16,17). The van der Waals surface area contributed by atoms with Crippen molar-refractivity contribution in [2.24, 2.45) is 0 Å². The molecule has 1 rings (SSSR count). The molecule has 0 bridgehead atoms. The fourth-order valence-electron chi connectivity index (χ4n) is 1.82. The van der Waals surface area contributed by atoms with Crippen LogP contribution in [0, 0.1) is 0 Å². The van der Waals surface area contributed by atoms with E-state index in [1.165, 1.54) is 26.4 Å². The molecular formula is C13H18O6S. The molecule has 112 valence electrons. The molecule has 7 heteroatoms. The summed E-state index contributed by atoms with van der Waals surface area (Å²) in [5.74, 6) is -0.333. The molecule has 0 fully saturated rings. The summed E-state index contributed by atoms with van der Waals surface area (Å²) in [6.07, 6.45) is -2.21. The van der Waals surface area contributed by atoms with Gasteiger partial charge in [-0.1, -0.05) is 0 Å². The zero-order valence-corrected chi connectivity index (χ0v) is 12.1. The summed E-state index contributed by atoms with van der Waals surface area (Å²) in [6, 6.07) is 2.61. The van der Waals surface area contributed by atoms with E-state index in [1.807, 2.05) is 0 Å². The van der Waals surface area contributed by atoms with Gasteiger partial charge in [0.25, 0.3) is 0 Å². The van der Waals surface area contributed by atoms with E-state index in [0.717, 1.165) is 0 Å². The number of rotatable bonds is 7. The zero-order valence-electron chi connectivity index (χ0n) is 11.2. The summed E-state index contributed by atoms with van der Waals surface area (Å²) >= 11 is 3.97. The van der Waals surface area contributed by atoms with Crippen molar-refractivity contribution in [1.82, 2.24) is 0 Å². The quantitative estimate of drug-likeness (QED) is 0.564. The Morgan fingerprint density at radius 3 is 2.25 bits per heavy atom. The highest BCUT2D eigenvalue weighted by Crippen LogP contribution is 2.34. The molecule has 0 saturated carbocycles. The second-order valence-electron chi connectivity index (χ2n) is 4.12. The van der Waals surface area contributed by atoms with E-state index < -0.39 is 18.2 Å². The van der Waals surface area contributed by atoms with Crippen LogP contribution in [-0.4, -0.2) is 47.4 Å². The third-order valence-corrected chi connectivity index (χ3v) is 3.15. The van der Waals surface area contributed by atoms with Gasteiger partial charge in [0.2, 0.25) is 0 Å². The molecule has 0 spiro atoms. The van der Waals surface area contributed by atoms with Crippen LogP contribution in [0.4, 0.5) is 0 Å². The fraction of sp³-hybridized carbons (Fsp3) is 0.462. The van der Waals surface area contributed by atoms with Gasteiger partial charge in [0, 0.05) is 5.56 Å². The highest BCUT2D eigenvalue weighted by molar-refractivity contribution is 7.80. The number of benzene rings is 1. The van der Waals surface area contributed by atoms with Crippen molar-refractivity contribution in [3.8, 4) is 11.5 Å². The molecule has 20 heavy (non-hydrogen) atoms. The van der Waals surface area contributed by atoms with Gasteiger partial charge in [-0.05, 0) is 24.3 Å². The number of hydrogen-bond acceptors (Lipinski definition) is 6. The predicted molar refractivity (Wildman–Crippen MR) is 75.9 cm³/mol. The van der Waals surface area contributed by atoms with Gasteiger partial charge in [0.15, 0.2) is 11.5 Å². The van der Waals surface area contributed by atoms with E-state index in [2.05, 4.69) is 12.6 Å². The number of carbonyl (C=O) groups is 1. The van der Waals surface area contributed by atoms with Gasteiger partial charge in [-0.3, -0.25) is 0 Å². The Hall–Kier alpha value is -1.44. The first-order chi connectivity index (χ1) is 9.46. The monoisotopic (exact) mass is 302 g/mol. The molecule has 0 saturated heterocycles. The van der Waals surface area contributed by atoms with Crippen LogP contribution in [0.15, 0.2) is 12.1 Å². The second kappa shape index (κ2) is 7.37. The van der Waals surface area contributed by atoms with E-state index in [0.29, 0.717) is 5.75 Å². The first-order valence-corrected chi connectivity index (χ1v) is 6.55. The van der Waals surface area contributed by atoms with Crippen molar-refractivity contribution >= 4 is 18.6 Å². The molecule has 0 heterocycles. The number of hydrogen-bond donors (Lipinski definition) is 4. The SMILES string of the molecule is COc1cc(C(=O)O)c(C(O)C(O)CCS)cc1OC. The Morgan fingerprint density at radius 2 is 1.80 bits per heavy atom. The topological polar surface area (TPSA) is 96.2 Å². The largest absolute Gasteiger partial charge is 0.493 e. The number of methoxy groups -OCH3 is 2. The minimum absolute atomic E-state index is 0.0735. The Morgan fingerprint density at radius 1 is 1.25 bits per heavy atom. The lowest BCUT2D eigenvalue weighted by atomic mass is 9.96. The lowest BCUT2D eigenvalue weighted by Gasteiger charge is -2.20. The normalized spacial score (nSPS) is 13.7. The molecule has 0 aromatic heterocycles. The van der Waals surface area contributed by atoms with Gasteiger partial charge in [-0.15, -0.1) is 0 Å². The zero-order chi connectivity index (χ0) is 15.3. The van der Waals surface area contributed by atoms with E-state index >= 15 is 0 Å². The van der Waals surface area contributed by atoms with Crippen molar-refractivity contribution < 1.29 is 29.6 Å². The number of carboxylic acids is 1. The number of aromatic carboxylic acids is 1. The van der Waals surface area contributed by atoms with Gasteiger partial charge >= 0.3 is 5.97 Å². The Kier molecular flexibility index (Phi) is 6.12. The lowest BCUT2D eigenvalue weighted by molar-refractivity contribution is 0.0161. The van der Waals surface area contributed by atoms with Crippen LogP contribution in [-0.2, 0) is 0 Å². The first kappa shape index (κ1) is 16.6. The summed E-state index contributed by atoms with van der Waals surface area (Å²) in [4.78, 5) is 11.3. The van der Waals surface area contributed by atoms with Gasteiger partial charge in [0.1, 0.15) is 6.10 Å². The Balaban J connectivity index is 3.31. The molecule has 0 aliphatic heterocycles. The van der Waals surface area contributed by atoms with Gasteiger partial charge in [-0.2, -0.15) is 12.6 Å². The van der Waals surface area contributed by atoms with E-state index in [4.69, 9.17) is 9.47 Å². The molecule has 6 nitrogen and oxygen atoms in total. The maximum absolute atomic E-state index is 11.3. The predicted octanol–water partition coefficient (Wildman–Crippen LogP) is 1.12. The van der Waals surface area contributed by atoms with Crippen molar-refractivity contribution in [1.29, 1.82) is 0 Å². The summed E-state index contributed by atoms with van der Waals surface area (Å²) in [5.41, 5.74) is -0.0715. The molecule has 2 atom stereocenters. The maximum Gasteiger partial charge on any atom is 0.336 e. The first-order valence-electron chi connectivity index (χ1n) is 5.92. The van der Waals surface area contributed by atoms with E-state index in [1.54, 1.807) is 0 Å². The number of ether oxygens (including phenoxy) is 2. The van der Waals surface area contributed by atoms with Gasteiger partial charge in [0.05, 0.1) is 25.9 Å². The van der Waals surface area contributed by atoms with Crippen molar-refractivity contribution in [2.45, 2.75) is 18.6 Å². The van der Waals surface area contributed by atoms with E-state index in [-0.39, 0.29) is 29.0 Å². The molecule has 1 aromatic rings. The Labute approximate surface area is 122 Å². The fourth-order valence-corrected chi connectivity index (χ4v) is 2.09. The average molecular weight is 302 g/mol. The van der Waals surface area contributed by atoms with Crippen LogP contribution in [0.1, 0.15) is 28.4 Å². The third-order valence-electron chi connectivity index (χ3n) is 2.89. The number of aliphatic hydroxyl groups is 2. The molecular weight excluding hydrogens is 284 g/mol. The average Bonchev–Trinajstić information content (AvgIpc) is 2.44. The molecule has 0 aliphatic carbocycles. The summed E-state index contributed by atoms with van der Waals surface area (Å²) in [7, 11) is 2.79. The highest BCUT2D eigenvalue weighted by atomic mass is 32.1. The van der Waals surface area contributed by atoms with Crippen molar-refractivity contribution in [2.75, 3.05) is 20.0 Å². The van der Waals surface area contributed by atoms with Crippen LogP contribution >= 0.6 is 12.6 Å². The summed E-state index contributed by atoms with van der Waals surface area (Å²) in [5, 5.41) is 29.1. The minimum atomic E-state index is -1.34. The summed E-state index contributed by atoms with van der Waals surface area (Å²) < 4.78 is 10.1. The van der Waals surface area contributed by atoms with E-state index in [9.17, 15) is 20.1 Å². The highest BCUT2D eigenvalue weighted by Gasteiger charge is 2.25. The molecule has 3 N–H and O–H groups in total. The molecule has 2 unspecified atom stereocenters. The number of carboxylic acid groups (broad SMARTS) is 1. The summed E-state index contributed by atoms with van der Waals surface area (Å²) in [6.45, 7) is 0. The molecule has 0 aliphatic rings.